The highest BCUT2D eigenvalue weighted by atomic mass is 16.5. The first-order chi connectivity index (χ1) is 15.1. The molecule has 1 atom stereocenters. The summed E-state index contributed by atoms with van der Waals surface area (Å²) in [5, 5.41) is 19.2. The van der Waals surface area contributed by atoms with Gasteiger partial charge in [0.1, 0.15) is 23.7 Å². The molecule has 1 aliphatic rings. The van der Waals surface area contributed by atoms with Gasteiger partial charge in [0.15, 0.2) is 0 Å². The fourth-order valence-electron chi connectivity index (χ4n) is 3.47. The van der Waals surface area contributed by atoms with Gasteiger partial charge in [-0.15, -0.1) is 0 Å². The molecule has 0 bridgehead atoms. The lowest BCUT2D eigenvalue weighted by Gasteiger charge is -2.23. The van der Waals surface area contributed by atoms with E-state index in [9.17, 15) is 10.4 Å². The third-order valence-electron chi connectivity index (χ3n) is 5.20. The molecule has 1 fully saturated rings. The molecule has 7 heteroatoms. The Morgan fingerprint density at radius 3 is 2.74 bits per heavy atom. The first-order valence-corrected chi connectivity index (χ1v) is 10.4. The minimum atomic E-state index is -0.596. The molecule has 4 rings (SSSR count). The summed E-state index contributed by atoms with van der Waals surface area (Å²) in [7, 11) is 0. The van der Waals surface area contributed by atoms with Gasteiger partial charge in [-0.2, -0.15) is 5.26 Å². The summed E-state index contributed by atoms with van der Waals surface area (Å²) in [5.74, 6) is 1.25. The van der Waals surface area contributed by atoms with Crippen molar-refractivity contribution in [3.05, 3.63) is 71.4 Å². The Morgan fingerprint density at radius 2 is 2.03 bits per heavy atom. The van der Waals surface area contributed by atoms with Crippen molar-refractivity contribution in [3.63, 3.8) is 0 Å². The molecule has 1 N–H and O–H groups in total. The Kier molecular flexibility index (Phi) is 6.51. The molecule has 2 aromatic heterocycles. The van der Waals surface area contributed by atoms with Crippen LogP contribution in [0.4, 0.5) is 0 Å². The van der Waals surface area contributed by atoms with Crippen LogP contribution in [0.3, 0.4) is 0 Å². The second-order valence-electron chi connectivity index (χ2n) is 7.55. The maximum Gasteiger partial charge on any atom is 0.137 e. The zero-order chi connectivity index (χ0) is 21.6. The van der Waals surface area contributed by atoms with E-state index >= 15 is 0 Å². The molecule has 3 heterocycles. The van der Waals surface area contributed by atoms with Gasteiger partial charge in [0.05, 0.1) is 36.3 Å². The van der Waals surface area contributed by atoms with Gasteiger partial charge >= 0.3 is 0 Å². The highest BCUT2D eigenvalue weighted by Gasteiger charge is 2.17. The molecule has 3 aromatic rings. The second kappa shape index (κ2) is 9.65. The minimum absolute atomic E-state index is 0.0752. The molecule has 7 nitrogen and oxygen atoms in total. The van der Waals surface area contributed by atoms with E-state index in [2.05, 4.69) is 21.0 Å². The van der Waals surface area contributed by atoms with E-state index in [-0.39, 0.29) is 6.10 Å². The fraction of sp³-hybridized carbons (Fsp3) is 0.333. The summed E-state index contributed by atoms with van der Waals surface area (Å²) in [6.07, 6.45) is 5.11. The monoisotopic (exact) mass is 416 g/mol. The lowest BCUT2D eigenvalue weighted by atomic mass is 10.1. The second-order valence-corrected chi connectivity index (χ2v) is 7.55. The van der Waals surface area contributed by atoms with Crippen LogP contribution in [-0.4, -0.2) is 39.4 Å². The lowest BCUT2D eigenvalue weighted by Crippen LogP contribution is -2.26. The van der Waals surface area contributed by atoms with Crippen LogP contribution in [0.15, 0.2) is 48.8 Å². The summed E-state index contributed by atoms with van der Waals surface area (Å²) >= 11 is 0. The number of nitrogens with zero attached hydrogens (tertiary/aromatic N) is 4. The molecule has 158 valence electrons. The first-order valence-electron chi connectivity index (χ1n) is 10.4. The van der Waals surface area contributed by atoms with E-state index in [0.29, 0.717) is 42.5 Å². The number of ether oxygens (including phenoxy) is 2. The Morgan fingerprint density at radius 1 is 1.19 bits per heavy atom. The van der Waals surface area contributed by atoms with Gasteiger partial charge in [-0.05, 0) is 42.8 Å². The van der Waals surface area contributed by atoms with Crippen LogP contribution in [0.2, 0.25) is 0 Å². The molecule has 0 saturated carbocycles. The summed E-state index contributed by atoms with van der Waals surface area (Å²) in [4.78, 5) is 13.3. The number of pyridine rings is 1. The van der Waals surface area contributed by atoms with Gasteiger partial charge in [0.2, 0.25) is 0 Å². The maximum absolute atomic E-state index is 9.62. The Bertz CT molecular complexity index is 1070. The zero-order valence-electron chi connectivity index (χ0n) is 17.4. The number of aliphatic hydroxyl groups excluding tert-OH is 1. The van der Waals surface area contributed by atoms with Crippen molar-refractivity contribution in [2.75, 3.05) is 13.2 Å². The maximum atomic E-state index is 9.62. The quantitative estimate of drug-likeness (QED) is 0.655. The molecule has 1 saturated heterocycles. The molecule has 0 spiro atoms. The summed E-state index contributed by atoms with van der Waals surface area (Å²) in [5.41, 5.74) is 3.65. The highest BCUT2D eigenvalue weighted by molar-refractivity contribution is 5.64. The van der Waals surface area contributed by atoms with Crippen LogP contribution in [0.5, 0.6) is 5.75 Å². The van der Waals surface area contributed by atoms with Crippen LogP contribution in [0, 0.1) is 11.3 Å². The van der Waals surface area contributed by atoms with Crippen LogP contribution >= 0.6 is 0 Å². The van der Waals surface area contributed by atoms with Crippen molar-refractivity contribution in [1.82, 2.24) is 15.0 Å². The lowest BCUT2D eigenvalue weighted by molar-refractivity contribution is 0.0254. The first kappa shape index (κ1) is 20.9. The molecule has 0 aliphatic carbocycles. The number of nitriles is 1. The molecule has 0 radical (unpaired) electrons. The molecule has 1 aliphatic heterocycles. The van der Waals surface area contributed by atoms with Crippen molar-refractivity contribution >= 4 is 0 Å². The molecular weight excluding hydrogens is 392 g/mol. The Balaban J connectivity index is 1.52. The topological polar surface area (TPSA) is 101 Å². The summed E-state index contributed by atoms with van der Waals surface area (Å²) in [6.45, 7) is 3.06. The van der Waals surface area contributed by atoms with E-state index in [0.717, 1.165) is 29.7 Å². The molecule has 0 amide bonds. The average molecular weight is 416 g/mol. The van der Waals surface area contributed by atoms with Crippen molar-refractivity contribution in [3.8, 4) is 23.1 Å². The van der Waals surface area contributed by atoms with Crippen LogP contribution in [-0.2, 0) is 11.2 Å². The number of hydrogen-bond acceptors (Lipinski definition) is 7. The third kappa shape index (κ3) is 5.23. The third-order valence-corrected chi connectivity index (χ3v) is 5.20. The minimum Gasteiger partial charge on any atom is -0.489 e. The van der Waals surface area contributed by atoms with Gasteiger partial charge in [0.25, 0.3) is 0 Å². The van der Waals surface area contributed by atoms with Crippen molar-refractivity contribution < 1.29 is 14.6 Å². The molecule has 1 unspecified atom stereocenters. The number of aromatic nitrogens is 3. The van der Waals surface area contributed by atoms with E-state index < -0.39 is 6.10 Å². The van der Waals surface area contributed by atoms with Gasteiger partial charge in [0, 0.05) is 37.2 Å². The summed E-state index contributed by atoms with van der Waals surface area (Å²) in [6, 6.07) is 13.3. The van der Waals surface area contributed by atoms with Crippen LogP contribution in [0.25, 0.3) is 11.3 Å². The number of benzene rings is 1. The van der Waals surface area contributed by atoms with Crippen LogP contribution in [0.1, 0.15) is 48.5 Å². The number of hydrogen-bond donors (Lipinski definition) is 1. The number of rotatable bonds is 6. The van der Waals surface area contributed by atoms with Crippen molar-refractivity contribution in [1.29, 1.82) is 5.26 Å². The molecule has 1 aromatic carbocycles. The van der Waals surface area contributed by atoms with E-state index in [4.69, 9.17) is 9.47 Å². The predicted molar refractivity (Wildman–Crippen MR) is 114 cm³/mol. The standard InChI is InChI=1S/C24H24N4O3/c1-16(29)21-4-2-17(15-27-21)12-24-26-9-6-22(28-24)18-3-5-23(19(13-18)14-25)31-20-7-10-30-11-8-20/h2-6,9,13,15-16,20,29H,7-8,10-12H2,1H3. The van der Waals surface area contributed by atoms with E-state index in [1.54, 1.807) is 31.5 Å². The molecule has 31 heavy (non-hydrogen) atoms. The van der Waals surface area contributed by atoms with E-state index in [1.165, 1.54) is 0 Å². The smallest absolute Gasteiger partial charge is 0.137 e. The largest absolute Gasteiger partial charge is 0.489 e. The van der Waals surface area contributed by atoms with Gasteiger partial charge in [-0.25, -0.2) is 9.97 Å². The SMILES string of the molecule is CC(O)c1ccc(Cc2nccc(-c3ccc(OC4CCOCC4)c(C#N)c3)n2)cn1. The van der Waals surface area contributed by atoms with Crippen molar-refractivity contribution in [2.45, 2.75) is 38.4 Å². The van der Waals surface area contributed by atoms with Gasteiger partial charge in [-0.3, -0.25) is 4.98 Å². The Hall–Kier alpha value is -3.34. The van der Waals surface area contributed by atoms with Gasteiger partial charge in [-0.1, -0.05) is 6.07 Å². The van der Waals surface area contributed by atoms with Crippen molar-refractivity contribution in [2.24, 2.45) is 0 Å². The highest BCUT2D eigenvalue weighted by Crippen LogP contribution is 2.27. The normalized spacial score (nSPS) is 15.3. The predicted octanol–water partition coefficient (Wildman–Crippen LogP) is 3.61. The molecular formula is C24H24N4O3. The fourth-order valence-corrected chi connectivity index (χ4v) is 3.47. The average Bonchev–Trinajstić information content (AvgIpc) is 2.80. The summed E-state index contributed by atoms with van der Waals surface area (Å²) < 4.78 is 11.4. The zero-order valence-corrected chi connectivity index (χ0v) is 17.4. The van der Waals surface area contributed by atoms with Crippen LogP contribution < -0.4 is 4.74 Å². The Labute approximate surface area is 181 Å². The van der Waals surface area contributed by atoms with E-state index in [1.807, 2.05) is 24.3 Å². The number of aliphatic hydroxyl groups is 1. The van der Waals surface area contributed by atoms with Gasteiger partial charge < -0.3 is 14.6 Å².